The Balaban J connectivity index is 2.32. The Labute approximate surface area is 118 Å². The van der Waals surface area contributed by atoms with Gasteiger partial charge >= 0.3 is 0 Å². The van der Waals surface area contributed by atoms with Gasteiger partial charge in [-0.25, -0.2) is 4.98 Å². The van der Waals surface area contributed by atoms with Crippen LogP contribution in [0.2, 0.25) is 0 Å². The van der Waals surface area contributed by atoms with E-state index in [1.165, 1.54) is 17.4 Å². The maximum atomic E-state index is 11.2. The largest absolute Gasteiger partial charge is 0.302 e. The van der Waals surface area contributed by atoms with Gasteiger partial charge in [0.05, 0.1) is 10.6 Å². The molecule has 2 heterocycles. The summed E-state index contributed by atoms with van der Waals surface area (Å²) in [5.74, 6) is 0.308. The number of carbonyl (C=O) groups excluding carboxylic acids is 1. The minimum atomic E-state index is -0.0621. The molecule has 0 radical (unpaired) electrons. The minimum Gasteiger partial charge on any atom is -0.302 e. The molecular formula is C14H21N3OS. The molecule has 0 unspecified atom stereocenters. The number of thiazole rings is 1. The van der Waals surface area contributed by atoms with Crippen LogP contribution in [0.5, 0.6) is 0 Å². The van der Waals surface area contributed by atoms with Gasteiger partial charge in [-0.3, -0.25) is 4.79 Å². The molecule has 1 aliphatic rings. The Kier molecular flexibility index (Phi) is 4.37. The van der Waals surface area contributed by atoms with Crippen molar-refractivity contribution in [3.05, 3.63) is 16.6 Å². The predicted octanol–water partition coefficient (Wildman–Crippen LogP) is 2.94. The van der Waals surface area contributed by atoms with Crippen molar-refractivity contribution in [3.8, 4) is 0 Å². The van der Waals surface area contributed by atoms with E-state index >= 15 is 0 Å². The molecule has 1 N–H and O–H groups in total. The van der Waals surface area contributed by atoms with Gasteiger partial charge in [0.2, 0.25) is 5.91 Å². The molecule has 4 nitrogen and oxygen atoms in total. The lowest BCUT2D eigenvalue weighted by Gasteiger charge is -2.22. The van der Waals surface area contributed by atoms with E-state index in [4.69, 9.17) is 0 Å². The summed E-state index contributed by atoms with van der Waals surface area (Å²) in [5.41, 5.74) is 2.47. The molecule has 0 aliphatic carbocycles. The van der Waals surface area contributed by atoms with E-state index < -0.39 is 0 Å². The molecule has 5 heteroatoms. The number of aromatic nitrogens is 1. The van der Waals surface area contributed by atoms with E-state index in [0.717, 1.165) is 25.2 Å². The highest BCUT2D eigenvalue weighted by atomic mass is 32.1. The van der Waals surface area contributed by atoms with E-state index in [0.29, 0.717) is 11.0 Å². The van der Waals surface area contributed by atoms with Gasteiger partial charge in [-0.2, -0.15) is 0 Å². The van der Waals surface area contributed by atoms with E-state index in [-0.39, 0.29) is 5.91 Å². The molecule has 19 heavy (non-hydrogen) atoms. The van der Waals surface area contributed by atoms with Crippen molar-refractivity contribution in [1.29, 1.82) is 0 Å². The number of nitrogens with zero attached hydrogens (tertiary/aromatic N) is 2. The van der Waals surface area contributed by atoms with Crippen LogP contribution in [0.15, 0.2) is 6.08 Å². The summed E-state index contributed by atoms with van der Waals surface area (Å²) in [6.07, 6.45) is 3.33. The zero-order valence-electron chi connectivity index (χ0n) is 12.0. The molecule has 0 aromatic carbocycles. The second kappa shape index (κ2) is 5.84. The molecular weight excluding hydrogens is 258 g/mol. The standard InChI is InChI=1S/C14H21N3OS/c1-9(2)12-13(11-5-7-17(4)8-6-11)19-14(16-12)15-10(3)18/h5,9H,6-8H2,1-4H3,(H,15,16,18). The molecule has 2 rings (SSSR count). The molecule has 104 valence electrons. The Morgan fingerprint density at radius 2 is 2.26 bits per heavy atom. The fourth-order valence-electron chi connectivity index (χ4n) is 2.13. The predicted molar refractivity (Wildman–Crippen MR) is 80.6 cm³/mol. The lowest BCUT2D eigenvalue weighted by molar-refractivity contribution is -0.114. The lowest BCUT2D eigenvalue weighted by Crippen LogP contribution is -2.23. The van der Waals surface area contributed by atoms with Crippen LogP contribution in [-0.4, -0.2) is 35.9 Å². The first-order chi connectivity index (χ1) is 8.97. The lowest BCUT2D eigenvalue weighted by atomic mass is 10.0. The summed E-state index contributed by atoms with van der Waals surface area (Å²) in [7, 11) is 2.13. The highest BCUT2D eigenvalue weighted by molar-refractivity contribution is 7.17. The molecule has 0 fully saturated rings. The highest BCUT2D eigenvalue weighted by Crippen LogP contribution is 2.36. The summed E-state index contributed by atoms with van der Waals surface area (Å²) in [5, 5.41) is 3.51. The van der Waals surface area contributed by atoms with Crippen LogP contribution in [0.25, 0.3) is 5.57 Å². The topological polar surface area (TPSA) is 45.2 Å². The van der Waals surface area contributed by atoms with Gasteiger partial charge in [0.25, 0.3) is 0 Å². The molecule has 0 atom stereocenters. The van der Waals surface area contributed by atoms with E-state index in [2.05, 4.69) is 42.2 Å². The van der Waals surface area contributed by atoms with Crippen molar-refractivity contribution in [2.75, 3.05) is 25.5 Å². The Morgan fingerprint density at radius 1 is 1.53 bits per heavy atom. The van der Waals surface area contributed by atoms with Gasteiger partial charge in [0.1, 0.15) is 0 Å². The van der Waals surface area contributed by atoms with E-state index in [1.807, 2.05) is 0 Å². The van der Waals surface area contributed by atoms with Crippen LogP contribution in [0, 0.1) is 0 Å². The van der Waals surface area contributed by atoms with Gasteiger partial charge in [0.15, 0.2) is 5.13 Å². The van der Waals surface area contributed by atoms with Crippen molar-refractivity contribution >= 4 is 27.9 Å². The van der Waals surface area contributed by atoms with Crippen LogP contribution in [0.1, 0.15) is 43.7 Å². The molecule has 0 saturated carbocycles. The smallest absolute Gasteiger partial charge is 0.223 e. The molecule has 0 saturated heterocycles. The fraction of sp³-hybridized carbons (Fsp3) is 0.571. The van der Waals surface area contributed by atoms with Gasteiger partial charge in [-0.05, 0) is 25.0 Å². The summed E-state index contributed by atoms with van der Waals surface area (Å²) in [6, 6.07) is 0. The monoisotopic (exact) mass is 279 g/mol. The zero-order valence-corrected chi connectivity index (χ0v) is 12.8. The maximum Gasteiger partial charge on any atom is 0.223 e. The van der Waals surface area contributed by atoms with Crippen molar-refractivity contribution in [2.45, 2.75) is 33.1 Å². The molecule has 1 aromatic heterocycles. The Hall–Kier alpha value is -1.20. The van der Waals surface area contributed by atoms with Crippen molar-refractivity contribution in [2.24, 2.45) is 0 Å². The quantitative estimate of drug-likeness (QED) is 0.925. The molecule has 0 spiro atoms. The first-order valence-corrected chi connectivity index (χ1v) is 7.45. The first kappa shape index (κ1) is 14.2. The number of amides is 1. The second-order valence-corrected chi connectivity index (χ2v) is 6.31. The van der Waals surface area contributed by atoms with Crippen LogP contribution in [0.3, 0.4) is 0 Å². The Bertz CT molecular complexity index is 505. The normalized spacial score (nSPS) is 16.6. The SMILES string of the molecule is CC(=O)Nc1nc(C(C)C)c(C2=CCN(C)CC2)s1. The number of likely N-dealkylation sites (N-methyl/N-ethyl adjacent to an activating group) is 1. The number of anilines is 1. The maximum absolute atomic E-state index is 11.2. The van der Waals surface area contributed by atoms with Gasteiger partial charge in [0, 0.05) is 20.0 Å². The van der Waals surface area contributed by atoms with Crippen molar-refractivity contribution < 1.29 is 4.79 Å². The summed E-state index contributed by atoms with van der Waals surface area (Å²) in [6.45, 7) is 7.87. The molecule has 1 amide bonds. The minimum absolute atomic E-state index is 0.0621. The van der Waals surface area contributed by atoms with Gasteiger partial charge in [-0.15, -0.1) is 0 Å². The third-order valence-corrected chi connectivity index (χ3v) is 4.25. The van der Waals surface area contributed by atoms with Crippen LogP contribution in [0.4, 0.5) is 5.13 Å². The average Bonchev–Trinajstić information content (AvgIpc) is 2.73. The zero-order chi connectivity index (χ0) is 14.0. The fourth-order valence-corrected chi connectivity index (χ4v) is 3.37. The van der Waals surface area contributed by atoms with E-state index in [9.17, 15) is 4.79 Å². The van der Waals surface area contributed by atoms with Crippen molar-refractivity contribution in [1.82, 2.24) is 9.88 Å². The van der Waals surface area contributed by atoms with Gasteiger partial charge in [-0.1, -0.05) is 31.3 Å². The summed E-state index contributed by atoms with van der Waals surface area (Å²) >= 11 is 1.59. The van der Waals surface area contributed by atoms with Crippen molar-refractivity contribution in [3.63, 3.8) is 0 Å². The number of hydrogen-bond acceptors (Lipinski definition) is 4. The second-order valence-electron chi connectivity index (χ2n) is 5.31. The Morgan fingerprint density at radius 3 is 2.79 bits per heavy atom. The highest BCUT2D eigenvalue weighted by Gasteiger charge is 2.20. The number of nitrogens with one attached hydrogen (secondary N) is 1. The van der Waals surface area contributed by atoms with E-state index in [1.54, 1.807) is 11.3 Å². The first-order valence-electron chi connectivity index (χ1n) is 6.63. The van der Waals surface area contributed by atoms with Crippen LogP contribution < -0.4 is 5.32 Å². The van der Waals surface area contributed by atoms with Gasteiger partial charge < -0.3 is 10.2 Å². The third kappa shape index (κ3) is 3.42. The molecule has 1 aliphatic heterocycles. The third-order valence-electron chi connectivity index (χ3n) is 3.19. The molecule has 1 aromatic rings. The average molecular weight is 279 g/mol. The number of carbonyl (C=O) groups is 1. The van der Waals surface area contributed by atoms with Crippen LogP contribution >= 0.6 is 11.3 Å². The van der Waals surface area contributed by atoms with Crippen LogP contribution in [-0.2, 0) is 4.79 Å². The summed E-state index contributed by atoms with van der Waals surface area (Å²) < 4.78 is 0. The molecule has 0 bridgehead atoms. The number of rotatable bonds is 3. The summed E-state index contributed by atoms with van der Waals surface area (Å²) in [4.78, 5) is 19.3. The number of hydrogen-bond donors (Lipinski definition) is 1.